The number of anilines is 2. The van der Waals surface area contributed by atoms with Crippen LogP contribution >= 0.6 is 0 Å². The standard InChI is InChI=1S/C14H20N2O4/c1-2-19-14(17)10-20-11-3-4-13(12(15)9-11)16-5-7-18-8-6-16/h3-4,9H,2,5-8,10,15H2,1H3. The zero-order chi connectivity index (χ0) is 14.4. The van der Waals surface area contributed by atoms with E-state index in [0.717, 1.165) is 18.8 Å². The van der Waals surface area contributed by atoms with Crippen LogP contribution in [-0.2, 0) is 14.3 Å². The SMILES string of the molecule is CCOC(=O)COc1ccc(N2CCOCC2)c(N)c1. The Balaban J connectivity index is 1.96. The molecule has 110 valence electrons. The van der Waals surface area contributed by atoms with Crippen molar-refractivity contribution in [3.05, 3.63) is 18.2 Å². The average molecular weight is 280 g/mol. The van der Waals surface area contributed by atoms with Crippen molar-refractivity contribution in [3.8, 4) is 5.75 Å². The van der Waals surface area contributed by atoms with E-state index >= 15 is 0 Å². The van der Waals surface area contributed by atoms with Gasteiger partial charge in [-0.2, -0.15) is 0 Å². The Morgan fingerprint density at radius 2 is 2.15 bits per heavy atom. The molecule has 0 bridgehead atoms. The van der Waals surface area contributed by atoms with Crippen molar-refractivity contribution in [3.63, 3.8) is 0 Å². The van der Waals surface area contributed by atoms with Crippen molar-refractivity contribution in [1.29, 1.82) is 0 Å². The highest BCUT2D eigenvalue weighted by Crippen LogP contribution is 2.28. The van der Waals surface area contributed by atoms with Crippen LogP contribution in [0.1, 0.15) is 6.92 Å². The Morgan fingerprint density at radius 1 is 1.40 bits per heavy atom. The van der Waals surface area contributed by atoms with Crippen LogP contribution in [0.25, 0.3) is 0 Å². The van der Waals surface area contributed by atoms with Crippen molar-refractivity contribution in [2.75, 3.05) is 50.2 Å². The number of nitrogen functional groups attached to an aromatic ring is 1. The first-order valence-corrected chi connectivity index (χ1v) is 6.71. The molecule has 1 aliphatic rings. The van der Waals surface area contributed by atoms with Gasteiger partial charge in [-0.15, -0.1) is 0 Å². The molecule has 0 saturated carbocycles. The van der Waals surface area contributed by atoms with Gasteiger partial charge < -0.3 is 24.8 Å². The second-order valence-electron chi connectivity index (χ2n) is 4.41. The summed E-state index contributed by atoms with van der Waals surface area (Å²) >= 11 is 0. The second kappa shape index (κ2) is 7.00. The lowest BCUT2D eigenvalue weighted by atomic mass is 10.2. The third-order valence-electron chi connectivity index (χ3n) is 3.01. The Kier molecular flexibility index (Phi) is 5.06. The molecule has 0 spiro atoms. The molecule has 1 aromatic carbocycles. The first kappa shape index (κ1) is 14.5. The van der Waals surface area contributed by atoms with Crippen LogP contribution in [0.5, 0.6) is 5.75 Å². The molecule has 0 amide bonds. The number of morpholine rings is 1. The number of carbonyl (C=O) groups is 1. The minimum Gasteiger partial charge on any atom is -0.482 e. The van der Waals surface area contributed by atoms with E-state index < -0.39 is 0 Å². The molecule has 0 radical (unpaired) electrons. The van der Waals surface area contributed by atoms with Gasteiger partial charge in [-0.25, -0.2) is 4.79 Å². The number of nitrogens with two attached hydrogens (primary N) is 1. The maximum Gasteiger partial charge on any atom is 0.344 e. The summed E-state index contributed by atoms with van der Waals surface area (Å²) in [4.78, 5) is 13.4. The van der Waals surface area contributed by atoms with Crippen LogP contribution in [-0.4, -0.2) is 45.5 Å². The minimum absolute atomic E-state index is 0.107. The van der Waals surface area contributed by atoms with Crippen LogP contribution in [0.15, 0.2) is 18.2 Å². The molecule has 2 N–H and O–H groups in total. The van der Waals surface area contributed by atoms with Crippen LogP contribution in [0.2, 0.25) is 0 Å². The van der Waals surface area contributed by atoms with Gasteiger partial charge in [0.15, 0.2) is 6.61 Å². The molecule has 1 aliphatic heterocycles. The Hall–Kier alpha value is -1.95. The topological polar surface area (TPSA) is 74.0 Å². The predicted octanol–water partition coefficient (Wildman–Crippen LogP) is 1.05. The molecule has 6 nitrogen and oxygen atoms in total. The van der Waals surface area contributed by atoms with Crippen LogP contribution < -0.4 is 15.4 Å². The summed E-state index contributed by atoms with van der Waals surface area (Å²) < 4.78 is 15.5. The summed E-state index contributed by atoms with van der Waals surface area (Å²) in [6.45, 7) is 5.07. The summed E-state index contributed by atoms with van der Waals surface area (Å²) in [6, 6.07) is 5.44. The lowest BCUT2D eigenvalue weighted by molar-refractivity contribution is -0.145. The molecule has 1 saturated heterocycles. The molecule has 0 aliphatic carbocycles. The van der Waals surface area contributed by atoms with Gasteiger partial charge in [0, 0.05) is 19.2 Å². The summed E-state index contributed by atoms with van der Waals surface area (Å²) in [5.74, 6) is 0.177. The highest BCUT2D eigenvalue weighted by atomic mass is 16.6. The van der Waals surface area contributed by atoms with E-state index in [1.165, 1.54) is 0 Å². The van der Waals surface area contributed by atoms with Crippen molar-refractivity contribution in [2.45, 2.75) is 6.92 Å². The Morgan fingerprint density at radius 3 is 2.80 bits per heavy atom. The molecule has 0 atom stereocenters. The van der Waals surface area contributed by atoms with Crippen molar-refractivity contribution in [2.24, 2.45) is 0 Å². The van der Waals surface area contributed by atoms with E-state index in [2.05, 4.69) is 4.90 Å². The number of nitrogens with zero attached hydrogens (tertiary/aromatic N) is 1. The van der Waals surface area contributed by atoms with E-state index in [0.29, 0.717) is 31.3 Å². The van der Waals surface area contributed by atoms with Gasteiger partial charge in [-0.1, -0.05) is 0 Å². The molecule has 1 fully saturated rings. The van der Waals surface area contributed by atoms with Crippen molar-refractivity contribution < 1.29 is 19.0 Å². The van der Waals surface area contributed by atoms with Crippen molar-refractivity contribution in [1.82, 2.24) is 0 Å². The number of rotatable bonds is 5. The smallest absolute Gasteiger partial charge is 0.344 e. The molecule has 0 aromatic heterocycles. The summed E-state index contributed by atoms with van der Waals surface area (Å²) in [7, 11) is 0. The highest BCUT2D eigenvalue weighted by Gasteiger charge is 2.14. The van der Waals surface area contributed by atoms with Crippen LogP contribution in [0.3, 0.4) is 0 Å². The van der Waals surface area contributed by atoms with Gasteiger partial charge in [0.1, 0.15) is 5.75 Å². The third-order valence-corrected chi connectivity index (χ3v) is 3.01. The maximum absolute atomic E-state index is 11.2. The maximum atomic E-state index is 11.2. The molecule has 20 heavy (non-hydrogen) atoms. The second-order valence-corrected chi connectivity index (χ2v) is 4.41. The normalized spacial score (nSPS) is 14.9. The van der Waals surface area contributed by atoms with Crippen molar-refractivity contribution >= 4 is 17.3 Å². The molecular formula is C14H20N2O4. The predicted molar refractivity (Wildman–Crippen MR) is 76.0 cm³/mol. The van der Waals surface area contributed by atoms with E-state index in [4.69, 9.17) is 19.9 Å². The first-order valence-electron chi connectivity index (χ1n) is 6.71. The van der Waals surface area contributed by atoms with Gasteiger partial charge in [0.25, 0.3) is 0 Å². The summed E-state index contributed by atoms with van der Waals surface area (Å²) in [5.41, 5.74) is 7.64. The first-order chi connectivity index (χ1) is 9.70. The molecule has 1 heterocycles. The lowest BCUT2D eigenvalue weighted by Gasteiger charge is -2.29. The Bertz CT molecular complexity index is 458. The quantitative estimate of drug-likeness (QED) is 0.642. The lowest BCUT2D eigenvalue weighted by Crippen LogP contribution is -2.36. The molecule has 1 aromatic rings. The average Bonchev–Trinajstić information content (AvgIpc) is 2.46. The zero-order valence-corrected chi connectivity index (χ0v) is 11.6. The van der Waals surface area contributed by atoms with Crippen LogP contribution in [0.4, 0.5) is 11.4 Å². The number of benzene rings is 1. The largest absolute Gasteiger partial charge is 0.482 e. The molecular weight excluding hydrogens is 260 g/mol. The van der Waals surface area contributed by atoms with E-state index in [9.17, 15) is 4.79 Å². The van der Waals surface area contributed by atoms with Gasteiger partial charge in [0.05, 0.1) is 31.2 Å². The summed E-state index contributed by atoms with van der Waals surface area (Å²) in [5, 5.41) is 0. The molecule has 0 unspecified atom stereocenters. The van der Waals surface area contributed by atoms with Gasteiger partial charge in [0.2, 0.25) is 0 Å². The van der Waals surface area contributed by atoms with Crippen LogP contribution in [0, 0.1) is 0 Å². The number of carbonyl (C=O) groups excluding carboxylic acids is 1. The highest BCUT2D eigenvalue weighted by molar-refractivity contribution is 5.72. The number of esters is 1. The van der Waals surface area contributed by atoms with Gasteiger partial charge >= 0.3 is 5.97 Å². The number of hydrogen-bond acceptors (Lipinski definition) is 6. The number of hydrogen-bond donors (Lipinski definition) is 1. The fraction of sp³-hybridized carbons (Fsp3) is 0.500. The van der Waals surface area contributed by atoms with E-state index in [-0.39, 0.29) is 12.6 Å². The fourth-order valence-corrected chi connectivity index (χ4v) is 2.06. The fourth-order valence-electron chi connectivity index (χ4n) is 2.06. The Labute approximate surface area is 118 Å². The summed E-state index contributed by atoms with van der Waals surface area (Å²) in [6.07, 6.45) is 0. The van der Waals surface area contributed by atoms with Gasteiger partial charge in [-0.3, -0.25) is 0 Å². The third kappa shape index (κ3) is 3.77. The van der Waals surface area contributed by atoms with Gasteiger partial charge in [-0.05, 0) is 19.1 Å². The van der Waals surface area contributed by atoms with E-state index in [1.54, 1.807) is 19.1 Å². The minimum atomic E-state index is -0.386. The zero-order valence-electron chi connectivity index (χ0n) is 11.6. The molecule has 6 heteroatoms. The monoisotopic (exact) mass is 280 g/mol. The molecule has 2 rings (SSSR count). The van der Waals surface area contributed by atoms with E-state index in [1.807, 2.05) is 6.07 Å². The number of ether oxygens (including phenoxy) is 3.